The van der Waals surface area contributed by atoms with Gasteiger partial charge in [0.1, 0.15) is 17.2 Å². The maximum absolute atomic E-state index is 14.4. The minimum atomic E-state index is -4.76. The molecule has 3 N–H and O–H groups in total. The van der Waals surface area contributed by atoms with Gasteiger partial charge in [-0.25, -0.2) is 13.8 Å². The summed E-state index contributed by atoms with van der Waals surface area (Å²) in [5.74, 6) is -1.57. The topological polar surface area (TPSA) is 70.6 Å². The Kier molecular flexibility index (Phi) is 6.14. The molecule has 1 aliphatic heterocycles. The number of aryl methyl sites for hydroxylation is 1. The van der Waals surface area contributed by atoms with E-state index in [2.05, 4.69) is 33.8 Å². The highest BCUT2D eigenvalue weighted by atomic mass is 35.5. The van der Waals surface area contributed by atoms with Gasteiger partial charge in [0.25, 0.3) is 0 Å². The fourth-order valence-corrected chi connectivity index (χ4v) is 5.44. The third-order valence-electron chi connectivity index (χ3n) is 6.96. The van der Waals surface area contributed by atoms with Crippen molar-refractivity contribution in [2.45, 2.75) is 12.2 Å². The van der Waals surface area contributed by atoms with Crippen LogP contribution in [0.5, 0.6) is 0 Å². The average Bonchev–Trinajstić information content (AvgIpc) is 3.62. The van der Waals surface area contributed by atoms with Gasteiger partial charge in [-0.1, -0.05) is 24.8 Å². The summed E-state index contributed by atoms with van der Waals surface area (Å²) >= 11 is 6.48. The van der Waals surface area contributed by atoms with Crippen LogP contribution in [0.2, 0.25) is 5.02 Å². The van der Waals surface area contributed by atoms with Crippen LogP contribution in [0.15, 0.2) is 68.1 Å². The SMILES string of the molecule is C=C(Nc1cc2c(-c3cnc[nH]3)n(C)nc2c2c1C(c1cc(F)ccc1Cl)NC2=C)c1cc(F)cc(C(F)(F)F)c1. The molecule has 3 aromatic carbocycles. The summed E-state index contributed by atoms with van der Waals surface area (Å²) in [6, 6.07) is 7.21. The van der Waals surface area contributed by atoms with E-state index in [1.165, 1.54) is 24.5 Å². The molecule has 12 heteroatoms. The number of hydrogen-bond acceptors (Lipinski definition) is 4. The third-order valence-corrected chi connectivity index (χ3v) is 7.30. The van der Waals surface area contributed by atoms with Crippen LogP contribution in [0.1, 0.15) is 33.9 Å². The molecule has 1 aliphatic rings. The predicted octanol–water partition coefficient (Wildman–Crippen LogP) is 7.66. The van der Waals surface area contributed by atoms with Crippen LogP contribution < -0.4 is 10.6 Å². The first-order valence-electron chi connectivity index (χ1n) is 12.2. The van der Waals surface area contributed by atoms with E-state index >= 15 is 0 Å². The molecule has 1 unspecified atom stereocenters. The number of benzene rings is 3. The number of alkyl halides is 3. The van der Waals surface area contributed by atoms with Gasteiger partial charge in [0.2, 0.25) is 0 Å². The molecule has 0 radical (unpaired) electrons. The van der Waals surface area contributed by atoms with E-state index in [1.54, 1.807) is 24.0 Å². The maximum atomic E-state index is 14.4. The molecule has 0 saturated carbocycles. The standard InChI is InChI=1S/C29H20ClF5N6/c1-13(15-6-16(29(33,34)35)8-18(32)7-15)38-22-10-20-27(40-41(3)28(20)23-11-36-12-37-23)24-14(2)39-26(25(22)24)19-9-17(31)4-5-21(19)30/h4-12,26,38-39H,1-2H2,3H3,(H,36,37). The minimum absolute atomic E-state index is 0.00475. The number of fused-ring (bicyclic) bond motifs is 3. The molecule has 1 atom stereocenters. The molecular weight excluding hydrogens is 563 g/mol. The lowest BCUT2D eigenvalue weighted by atomic mass is 9.93. The van der Waals surface area contributed by atoms with Crippen LogP contribution in [0.25, 0.3) is 33.7 Å². The Morgan fingerprint density at radius 1 is 1.10 bits per heavy atom. The highest BCUT2D eigenvalue weighted by Crippen LogP contribution is 2.48. The first-order valence-corrected chi connectivity index (χ1v) is 12.6. The number of nitrogens with one attached hydrogen (secondary N) is 3. The Balaban J connectivity index is 1.58. The van der Waals surface area contributed by atoms with Crippen molar-refractivity contribution < 1.29 is 22.0 Å². The number of nitrogens with zero attached hydrogens (tertiary/aromatic N) is 3. The van der Waals surface area contributed by atoms with Crippen molar-refractivity contribution in [1.82, 2.24) is 25.1 Å². The van der Waals surface area contributed by atoms with Crippen molar-refractivity contribution in [3.63, 3.8) is 0 Å². The lowest BCUT2D eigenvalue weighted by Gasteiger charge is -2.20. The van der Waals surface area contributed by atoms with Crippen LogP contribution in [-0.2, 0) is 13.2 Å². The summed E-state index contributed by atoms with van der Waals surface area (Å²) in [6.45, 7) is 8.07. The summed E-state index contributed by atoms with van der Waals surface area (Å²) in [4.78, 5) is 7.15. The van der Waals surface area contributed by atoms with Gasteiger partial charge in [0, 0.05) is 56.8 Å². The van der Waals surface area contributed by atoms with Crippen molar-refractivity contribution in [3.8, 4) is 11.4 Å². The van der Waals surface area contributed by atoms with E-state index in [0.29, 0.717) is 56.4 Å². The second-order valence-corrected chi connectivity index (χ2v) is 10.0. The summed E-state index contributed by atoms with van der Waals surface area (Å²) < 4.78 is 70.6. The van der Waals surface area contributed by atoms with Crippen molar-refractivity contribution in [3.05, 3.63) is 113 Å². The summed E-state index contributed by atoms with van der Waals surface area (Å²) in [7, 11) is 1.76. The molecule has 6 nitrogen and oxygen atoms in total. The molecule has 0 spiro atoms. The van der Waals surface area contributed by atoms with Crippen LogP contribution in [0.3, 0.4) is 0 Å². The number of halogens is 6. The monoisotopic (exact) mass is 582 g/mol. The van der Waals surface area contributed by atoms with Gasteiger partial charge in [-0.15, -0.1) is 0 Å². The molecule has 3 heterocycles. The predicted molar refractivity (Wildman–Crippen MR) is 148 cm³/mol. The fraction of sp³-hybridized carbons (Fsp3) is 0.103. The van der Waals surface area contributed by atoms with Gasteiger partial charge in [-0.05, 0) is 42.5 Å². The van der Waals surface area contributed by atoms with Crippen molar-refractivity contribution in [1.29, 1.82) is 0 Å². The van der Waals surface area contributed by atoms with Crippen molar-refractivity contribution in [2.75, 3.05) is 5.32 Å². The maximum Gasteiger partial charge on any atom is 0.416 e. The molecule has 0 aliphatic carbocycles. The lowest BCUT2D eigenvalue weighted by Crippen LogP contribution is -2.15. The molecule has 41 heavy (non-hydrogen) atoms. The van der Waals surface area contributed by atoms with E-state index in [1.807, 2.05) is 0 Å². The van der Waals surface area contributed by atoms with Gasteiger partial charge in [-0.3, -0.25) is 4.68 Å². The van der Waals surface area contributed by atoms with E-state index < -0.39 is 29.4 Å². The summed E-state index contributed by atoms with van der Waals surface area (Å²) in [6.07, 6.45) is -1.61. The molecule has 0 bridgehead atoms. The number of anilines is 1. The van der Waals surface area contributed by atoms with Gasteiger partial charge >= 0.3 is 6.18 Å². The molecule has 0 fully saturated rings. The van der Waals surface area contributed by atoms with Gasteiger partial charge in [0.15, 0.2) is 0 Å². The van der Waals surface area contributed by atoms with E-state index in [0.717, 1.165) is 12.1 Å². The Bertz CT molecular complexity index is 1870. The average molecular weight is 583 g/mol. The normalized spacial score (nSPS) is 14.8. The zero-order valence-electron chi connectivity index (χ0n) is 21.3. The largest absolute Gasteiger partial charge is 0.416 e. The van der Waals surface area contributed by atoms with Crippen LogP contribution in [0, 0.1) is 11.6 Å². The summed E-state index contributed by atoms with van der Waals surface area (Å²) in [5.41, 5.74) is 3.13. The van der Waals surface area contributed by atoms with Crippen molar-refractivity contribution in [2.24, 2.45) is 7.05 Å². The molecule has 0 saturated heterocycles. The third kappa shape index (κ3) is 4.51. The molecule has 5 aromatic rings. The quantitative estimate of drug-likeness (QED) is 0.186. The van der Waals surface area contributed by atoms with Crippen LogP contribution in [-0.4, -0.2) is 19.7 Å². The zero-order chi connectivity index (χ0) is 29.2. The Morgan fingerprint density at radius 2 is 1.88 bits per heavy atom. The van der Waals surface area contributed by atoms with E-state index in [9.17, 15) is 22.0 Å². The summed E-state index contributed by atoms with van der Waals surface area (Å²) in [5, 5.41) is 12.0. The number of aromatic nitrogens is 4. The number of rotatable bonds is 5. The van der Waals surface area contributed by atoms with Crippen LogP contribution >= 0.6 is 11.6 Å². The highest BCUT2D eigenvalue weighted by Gasteiger charge is 2.35. The second-order valence-electron chi connectivity index (χ2n) is 9.60. The number of hydrogen-bond donors (Lipinski definition) is 3. The smallest absolute Gasteiger partial charge is 0.374 e. The first kappa shape index (κ1) is 26.6. The zero-order valence-corrected chi connectivity index (χ0v) is 22.1. The Hall–Kier alpha value is -4.64. The van der Waals surface area contributed by atoms with E-state index in [-0.39, 0.29) is 16.3 Å². The number of imidazole rings is 1. The second kappa shape index (κ2) is 9.48. The Labute approximate surface area is 235 Å². The highest BCUT2D eigenvalue weighted by molar-refractivity contribution is 6.31. The number of aromatic amines is 1. The molecule has 0 amide bonds. The van der Waals surface area contributed by atoms with Crippen LogP contribution in [0.4, 0.5) is 27.6 Å². The van der Waals surface area contributed by atoms with Gasteiger partial charge in [0.05, 0.1) is 35.5 Å². The van der Waals surface area contributed by atoms with Gasteiger partial charge < -0.3 is 15.6 Å². The fourth-order valence-electron chi connectivity index (χ4n) is 5.21. The minimum Gasteiger partial charge on any atom is -0.374 e. The molecule has 2 aromatic heterocycles. The lowest BCUT2D eigenvalue weighted by molar-refractivity contribution is -0.137. The Morgan fingerprint density at radius 3 is 2.59 bits per heavy atom. The first-order chi connectivity index (χ1) is 19.4. The van der Waals surface area contributed by atoms with E-state index in [4.69, 9.17) is 16.7 Å². The van der Waals surface area contributed by atoms with Gasteiger partial charge in [-0.2, -0.15) is 18.3 Å². The molecule has 208 valence electrons. The molecule has 6 rings (SSSR count). The van der Waals surface area contributed by atoms with Crippen molar-refractivity contribution >= 4 is 39.6 Å². The molecular formula is C29H20ClF5N6. The number of H-pyrrole nitrogens is 1.